The van der Waals surface area contributed by atoms with Crippen molar-refractivity contribution in [2.24, 2.45) is 0 Å². The van der Waals surface area contributed by atoms with Crippen LogP contribution in [0.3, 0.4) is 0 Å². The number of aliphatic hydroxyl groups is 1. The van der Waals surface area contributed by atoms with E-state index < -0.39 is 12.1 Å². The van der Waals surface area contributed by atoms with Gasteiger partial charge in [0.2, 0.25) is 0 Å². The molecular weight excluding hydrogens is 282 g/mol. The average molecular weight is 305 g/mol. The summed E-state index contributed by atoms with van der Waals surface area (Å²) in [6.07, 6.45) is 0. The zero-order valence-electron chi connectivity index (χ0n) is 14.8. The van der Waals surface area contributed by atoms with E-state index in [9.17, 15) is 5.11 Å². The van der Waals surface area contributed by atoms with Crippen molar-refractivity contribution in [3.8, 4) is 0 Å². The van der Waals surface area contributed by atoms with Crippen LogP contribution in [0.1, 0.15) is 19.4 Å². The second-order valence-corrected chi connectivity index (χ2v) is 5.36. The molecule has 3 aromatic carbocycles. The molecule has 0 radical (unpaired) electrons. The maximum absolute atomic E-state index is 9.69. The van der Waals surface area contributed by atoms with Crippen LogP contribution in [-0.2, 0) is 5.54 Å². The molecule has 0 atom stereocenters. The fourth-order valence-corrected chi connectivity index (χ4v) is 3.04. The Morgan fingerprint density at radius 1 is 0.696 bits per heavy atom. The second-order valence-electron chi connectivity index (χ2n) is 5.36. The Morgan fingerprint density at radius 2 is 1.04 bits per heavy atom. The summed E-state index contributed by atoms with van der Waals surface area (Å²) in [5.74, 6) is 0. The molecular formula is C21H21NO. The molecule has 3 rings (SSSR count). The van der Waals surface area contributed by atoms with E-state index in [2.05, 4.69) is 5.32 Å². The molecule has 2 nitrogen and oxygen atoms in total. The quantitative estimate of drug-likeness (QED) is 0.683. The van der Waals surface area contributed by atoms with Crippen LogP contribution in [0.25, 0.3) is 0 Å². The molecule has 0 bridgehead atoms. The van der Waals surface area contributed by atoms with E-state index in [1.807, 2.05) is 91.0 Å². The molecule has 0 aliphatic rings. The molecule has 0 saturated carbocycles. The van der Waals surface area contributed by atoms with E-state index in [1.165, 1.54) is 0 Å². The molecule has 0 aliphatic carbocycles. The highest BCUT2D eigenvalue weighted by molar-refractivity contribution is 5.49. The third-order valence-corrected chi connectivity index (χ3v) is 4.05. The normalized spacial score (nSPS) is 13.3. The molecule has 0 unspecified atom stereocenters. The minimum atomic E-state index is -2.32. The van der Waals surface area contributed by atoms with Crippen LogP contribution >= 0.6 is 0 Å². The summed E-state index contributed by atoms with van der Waals surface area (Å²) in [5.41, 5.74) is 2.19. The van der Waals surface area contributed by atoms with Gasteiger partial charge in [0.25, 0.3) is 0 Å². The Bertz CT molecular complexity index is 690. The predicted octanol–water partition coefficient (Wildman–Crippen LogP) is 3.56. The van der Waals surface area contributed by atoms with Gasteiger partial charge in [0.15, 0.2) is 0 Å². The largest absolute Gasteiger partial charge is 0.395 e. The maximum Gasteiger partial charge on any atom is 0.0948 e. The van der Waals surface area contributed by atoms with Gasteiger partial charge in [0.05, 0.1) is 14.8 Å². The van der Waals surface area contributed by atoms with Crippen LogP contribution in [-0.4, -0.2) is 18.2 Å². The fourth-order valence-electron chi connectivity index (χ4n) is 3.04. The van der Waals surface area contributed by atoms with Gasteiger partial charge in [0, 0.05) is 6.54 Å². The van der Waals surface area contributed by atoms with Crippen LogP contribution in [0, 0.1) is 0 Å². The molecule has 0 aliphatic heterocycles. The van der Waals surface area contributed by atoms with Crippen LogP contribution < -0.4 is 5.32 Å². The van der Waals surface area contributed by atoms with Crippen molar-refractivity contribution in [2.45, 2.75) is 5.54 Å². The van der Waals surface area contributed by atoms with E-state index in [1.54, 1.807) is 0 Å². The zero-order valence-corrected chi connectivity index (χ0v) is 12.8. The number of benzene rings is 3. The predicted molar refractivity (Wildman–Crippen MR) is 94.3 cm³/mol. The van der Waals surface area contributed by atoms with Crippen molar-refractivity contribution in [3.05, 3.63) is 108 Å². The monoisotopic (exact) mass is 305 g/mol. The molecule has 116 valence electrons. The lowest BCUT2D eigenvalue weighted by Crippen LogP contribution is -2.45. The first-order chi connectivity index (χ1) is 12.0. The van der Waals surface area contributed by atoms with Crippen molar-refractivity contribution in [1.82, 2.24) is 5.32 Å². The average Bonchev–Trinajstić information content (AvgIpc) is 2.64. The van der Waals surface area contributed by atoms with Crippen molar-refractivity contribution < 1.29 is 7.85 Å². The summed E-state index contributed by atoms with van der Waals surface area (Å²) >= 11 is 0. The van der Waals surface area contributed by atoms with Crippen molar-refractivity contribution in [1.29, 1.82) is 0 Å². The molecule has 2 N–H and O–H groups in total. The molecule has 2 heteroatoms. The Hall–Kier alpha value is -2.42. The molecule has 0 aromatic heterocycles. The van der Waals surface area contributed by atoms with E-state index in [-0.39, 0.29) is 6.54 Å². The summed E-state index contributed by atoms with van der Waals surface area (Å²) in [6, 6.07) is 29.7. The first kappa shape index (κ1) is 13.1. The fraction of sp³-hybridized carbons (Fsp3) is 0.143. The van der Waals surface area contributed by atoms with Crippen LogP contribution in [0.4, 0.5) is 0 Å². The van der Waals surface area contributed by atoms with Gasteiger partial charge in [-0.15, -0.1) is 0 Å². The Labute approximate surface area is 140 Å². The highest BCUT2D eigenvalue weighted by atomic mass is 16.3. The van der Waals surface area contributed by atoms with Gasteiger partial charge >= 0.3 is 0 Å². The van der Waals surface area contributed by atoms with Gasteiger partial charge in [0.1, 0.15) is 0 Å². The number of hydrogen-bond acceptors (Lipinski definition) is 2. The van der Waals surface area contributed by atoms with Crippen molar-refractivity contribution >= 4 is 0 Å². The molecule has 23 heavy (non-hydrogen) atoms. The van der Waals surface area contributed by atoms with Crippen LogP contribution in [0.15, 0.2) is 91.0 Å². The third-order valence-electron chi connectivity index (χ3n) is 4.05. The first-order valence-corrected chi connectivity index (χ1v) is 7.66. The first-order valence-electron chi connectivity index (χ1n) is 8.66. The lowest BCUT2D eigenvalue weighted by atomic mass is 9.77. The van der Waals surface area contributed by atoms with E-state index in [0.717, 1.165) is 16.7 Å². The smallest absolute Gasteiger partial charge is 0.0948 e. The molecule has 0 heterocycles. The number of nitrogens with one attached hydrogen (secondary N) is 1. The van der Waals surface area contributed by atoms with Gasteiger partial charge in [-0.2, -0.15) is 0 Å². The highest BCUT2D eigenvalue weighted by Gasteiger charge is 2.35. The lowest BCUT2D eigenvalue weighted by molar-refractivity contribution is 0.277. The number of rotatable bonds is 6. The van der Waals surface area contributed by atoms with Gasteiger partial charge in [-0.05, 0) is 16.7 Å². The van der Waals surface area contributed by atoms with Gasteiger partial charge in [-0.3, -0.25) is 5.32 Å². The summed E-state index contributed by atoms with van der Waals surface area (Å²) in [7, 11) is 0. The Balaban J connectivity index is 2.24. The minimum Gasteiger partial charge on any atom is -0.395 e. The lowest BCUT2D eigenvalue weighted by Gasteiger charge is -2.37. The second kappa shape index (κ2) is 7.23. The van der Waals surface area contributed by atoms with Gasteiger partial charge in [-0.25, -0.2) is 0 Å². The van der Waals surface area contributed by atoms with Crippen molar-refractivity contribution in [3.63, 3.8) is 0 Å². The van der Waals surface area contributed by atoms with Crippen molar-refractivity contribution in [2.75, 3.05) is 13.1 Å². The zero-order chi connectivity index (χ0) is 17.8. The van der Waals surface area contributed by atoms with Gasteiger partial charge < -0.3 is 5.11 Å². The van der Waals surface area contributed by atoms with E-state index >= 15 is 0 Å². The molecule has 0 saturated heterocycles. The van der Waals surface area contributed by atoms with E-state index in [0.29, 0.717) is 0 Å². The van der Waals surface area contributed by atoms with Crippen LogP contribution in [0.5, 0.6) is 0 Å². The van der Waals surface area contributed by atoms with E-state index in [4.69, 9.17) is 2.74 Å². The third kappa shape index (κ3) is 3.04. The maximum atomic E-state index is 9.69. The molecule has 3 aromatic rings. The highest BCUT2D eigenvalue weighted by Crippen LogP contribution is 2.36. The molecule has 0 amide bonds. The summed E-state index contributed by atoms with van der Waals surface area (Å²) in [6.45, 7) is -2.52. The van der Waals surface area contributed by atoms with Gasteiger partial charge in [-0.1, -0.05) is 91.0 Å². The number of hydrogen-bond donors (Lipinski definition) is 2. The standard InChI is InChI=1S/C21H21NO/c23-17-16-22-21(18-10-4-1-5-11-18,19-12-6-2-7-13-19)20-14-8-3-9-15-20/h1-15,22-23H,16-17H2/i17D2. The molecule has 0 spiro atoms. The minimum absolute atomic E-state index is 0.203. The summed E-state index contributed by atoms with van der Waals surface area (Å²) in [4.78, 5) is 0. The topological polar surface area (TPSA) is 32.3 Å². The Morgan fingerprint density at radius 3 is 1.35 bits per heavy atom. The molecule has 0 fully saturated rings. The SMILES string of the molecule is [2H]C([2H])(O)CNC(c1ccccc1)(c1ccccc1)c1ccccc1. The Kier molecular flexibility index (Phi) is 4.10. The summed E-state index contributed by atoms with van der Waals surface area (Å²) in [5, 5.41) is 13.0. The van der Waals surface area contributed by atoms with Crippen LogP contribution in [0.2, 0.25) is 0 Å². The summed E-state index contributed by atoms with van der Waals surface area (Å²) < 4.78 is 15.1.